The SMILES string of the molecule is C=C(C)C(=O)Oc1c(C)c(C)c(-c2c(C)c(C)c(Cc3c(C)c(C)c(-c4c(C)c(C)c(OC(=O)C(=C)C)c(C)c4C)c(C)c3C)c(C)c2C)c(C)c1C. The van der Waals surface area contributed by atoms with Gasteiger partial charge in [-0.25, -0.2) is 9.59 Å². The quantitative estimate of drug-likeness (QED) is 0.104. The number of benzene rings is 4. The first-order valence-corrected chi connectivity index (χ1v) is 18.6. The minimum absolute atomic E-state index is 0.384. The van der Waals surface area contributed by atoms with E-state index < -0.39 is 11.9 Å². The summed E-state index contributed by atoms with van der Waals surface area (Å²) in [5, 5.41) is 0. The highest BCUT2D eigenvalue weighted by Crippen LogP contribution is 2.46. The highest BCUT2D eigenvalue weighted by Gasteiger charge is 2.27. The van der Waals surface area contributed by atoms with Gasteiger partial charge in [0.25, 0.3) is 0 Å². The lowest BCUT2D eigenvalue weighted by molar-refractivity contribution is -0.131. The van der Waals surface area contributed by atoms with Crippen molar-refractivity contribution in [3.63, 3.8) is 0 Å². The zero-order valence-corrected chi connectivity index (χ0v) is 35.8. The van der Waals surface area contributed by atoms with Gasteiger partial charge in [-0.05, 0) is 253 Å². The van der Waals surface area contributed by atoms with E-state index in [1.165, 1.54) is 77.9 Å². The van der Waals surface area contributed by atoms with Gasteiger partial charge in [0, 0.05) is 11.1 Å². The molecule has 0 aliphatic carbocycles. The molecular weight excluding hydrogens is 653 g/mol. The van der Waals surface area contributed by atoms with Crippen LogP contribution in [0.5, 0.6) is 11.5 Å². The highest BCUT2D eigenvalue weighted by atomic mass is 16.5. The van der Waals surface area contributed by atoms with E-state index in [0.29, 0.717) is 22.6 Å². The van der Waals surface area contributed by atoms with E-state index in [9.17, 15) is 9.59 Å². The molecule has 4 aromatic carbocycles. The Bertz CT molecular complexity index is 2010. The zero-order valence-electron chi connectivity index (χ0n) is 35.8. The normalized spacial score (nSPS) is 11.2. The molecule has 0 saturated heterocycles. The first-order valence-electron chi connectivity index (χ1n) is 18.6. The van der Waals surface area contributed by atoms with Crippen LogP contribution in [0.1, 0.15) is 114 Å². The molecule has 0 atom stereocenters. The smallest absolute Gasteiger partial charge is 0.338 e. The van der Waals surface area contributed by atoms with Crippen molar-refractivity contribution in [2.75, 3.05) is 0 Å². The maximum atomic E-state index is 12.5. The van der Waals surface area contributed by atoms with Gasteiger partial charge in [-0.15, -0.1) is 0 Å². The second-order valence-electron chi connectivity index (χ2n) is 15.6. The minimum atomic E-state index is -0.398. The number of ether oxygens (including phenoxy) is 2. The van der Waals surface area contributed by atoms with Crippen LogP contribution in [0.2, 0.25) is 0 Å². The van der Waals surface area contributed by atoms with Gasteiger partial charge in [0.2, 0.25) is 0 Å². The molecule has 0 aromatic heterocycles. The summed E-state index contributed by atoms with van der Waals surface area (Å²) in [7, 11) is 0. The summed E-state index contributed by atoms with van der Waals surface area (Å²) in [6.45, 7) is 45.8. The Labute approximate surface area is 319 Å². The monoisotopic (exact) mass is 712 g/mol. The van der Waals surface area contributed by atoms with Gasteiger partial charge in [0.15, 0.2) is 0 Å². The van der Waals surface area contributed by atoms with Crippen LogP contribution in [0.25, 0.3) is 22.3 Å². The van der Waals surface area contributed by atoms with Crippen LogP contribution in [-0.4, -0.2) is 11.9 Å². The summed E-state index contributed by atoms with van der Waals surface area (Å²) in [6.07, 6.45) is 0.844. The first kappa shape index (κ1) is 41.1. The summed E-state index contributed by atoms with van der Waals surface area (Å²) < 4.78 is 11.7. The topological polar surface area (TPSA) is 52.6 Å². The molecule has 0 heterocycles. The molecule has 0 N–H and O–H groups in total. The van der Waals surface area contributed by atoms with Gasteiger partial charge in [0.05, 0.1) is 0 Å². The van der Waals surface area contributed by atoms with Crippen LogP contribution in [0, 0.1) is 111 Å². The molecule has 4 heteroatoms. The Morgan fingerprint density at radius 2 is 0.547 bits per heavy atom. The Morgan fingerprint density at radius 1 is 0.358 bits per heavy atom. The lowest BCUT2D eigenvalue weighted by Gasteiger charge is -2.28. The number of rotatable bonds is 8. The van der Waals surface area contributed by atoms with Crippen LogP contribution in [0.4, 0.5) is 0 Å². The molecule has 4 aromatic rings. The number of carbonyl (C=O) groups excluding carboxylic acids is 2. The van der Waals surface area contributed by atoms with Crippen molar-refractivity contribution < 1.29 is 19.1 Å². The third-order valence-electron chi connectivity index (χ3n) is 12.6. The van der Waals surface area contributed by atoms with Gasteiger partial charge >= 0.3 is 11.9 Å². The van der Waals surface area contributed by atoms with Gasteiger partial charge in [-0.1, -0.05) is 13.2 Å². The van der Waals surface area contributed by atoms with Crippen molar-refractivity contribution in [3.05, 3.63) is 124 Å². The van der Waals surface area contributed by atoms with E-state index in [1.807, 2.05) is 27.7 Å². The lowest BCUT2D eigenvalue weighted by atomic mass is 9.77. The van der Waals surface area contributed by atoms with E-state index >= 15 is 0 Å². The molecule has 4 nitrogen and oxygen atoms in total. The van der Waals surface area contributed by atoms with Crippen molar-refractivity contribution >= 4 is 11.9 Å². The van der Waals surface area contributed by atoms with E-state index in [-0.39, 0.29) is 0 Å². The number of esters is 2. The van der Waals surface area contributed by atoms with Crippen LogP contribution in [-0.2, 0) is 16.0 Å². The molecule has 0 unspecified atom stereocenters. The highest BCUT2D eigenvalue weighted by molar-refractivity contribution is 5.91. The summed E-state index contributed by atoms with van der Waals surface area (Å²) in [4.78, 5) is 25.1. The summed E-state index contributed by atoms with van der Waals surface area (Å²) >= 11 is 0. The molecule has 0 radical (unpaired) electrons. The molecule has 0 aliphatic heterocycles. The largest absolute Gasteiger partial charge is 0.423 e. The Hall–Kier alpha value is -4.70. The second-order valence-corrected chi connectivity index (χ2v) is 15.6. The minimum Gasteiger partial charge on any atom is -0.423 e. The molecule has 0 amide bonds. The average molecular weight is 713 g/mol. The van der Waals surface area contributed by atoms with E-state index in [4.69, 9.17) is 9.47 Å². The van der Waals surface area contributed by atoms with Crippen molar-refractivity contribution in [1.29, 1.82) is 0 Å². The van der Waals surface area contributed by atoms with Crippen molar-refractivity contribution in [1.82, 2.24) is 0 Å². The first-order chi connectivity index (χ1) is 24.5. The predicted molar refractivity (Wildman–Crippen MR) is 223 cm³/mol. The third kappa shape index (κ3) is 6.82. The fraction of sp³-hybridized carbons (Fsp3) is 0.388. The van der Waals surface area contributed by atoms with E-state index in [1.54, 1.807) is 13.8 Å². The molecule has 0 bridgehead atoms. The van der Waals surface area contributed by atoms with Gasteiger partial charge in [-0.2, -0.15) is 0 Å². The van der Waals surface area contributed by atoms with E-state index in [0.717, 1.165) is 50.9 Å². The van der Waals surface area contributed by atoms with Crippen LogP contribution in [0.3, 0.4) is 0 Å². The molecule has 0 fully saturated rings. The number of hydrogen-bond donors (Lipinski definition) is 0. The molecule has 0 spiro atoms. The van der Waals surface area contributed by atoms with Crippen molar-refractivity contribution in [2.45, 2.75) is 131 Å². The van der Waals surface area contributed by atoms with Gasteiger partial charge in [-0.3, -0.25) is 0 Å². The van der Waals surface area contributed by atoms with E-state index in [2.05, 4.69) is 96.2 Å². The lowest BCUT2D eigenvalue weighted by Crippen LogP contribution is -2.13. The molecule has 53 heavy (non-hydrogen) atoms. The fourth-order valence-corrected chi connectivity index (χ4v) is 8.21. The maximum Gasteiger partial charge on any atom is 0.338 e. The van der Waals surface area contributed by atoms with Gasteiger partial charge < -0.3 is 9.47 Å². The van der Waals surface area contributed by atoms with Crippen LogP contribution in [0.15, 0.2) is 24.3 Å². The number of hydrogen-bond acceptors (Lipinski definition) is 4. The predicted octanol–water partition coefficient (Wildman–Crippen LogP) is 12.5. The summed E-state index contributed by atoms with van der Waals surface area (Å²) in [6, 6.07) is 0. The maximum absolute atomic E-state index is 12.5. The molecular formula is C49H60O4. The summed E-state index contributed by atoms with van der Waals surface area (Å²) in [5.74, 6) is 0.473. The molecule has 0 aliphatic rings. The molecule has 4 rings (SSSR count). The second kappa shape index (κ2) is 15.0. The Balaban J connectivity index is 1.90. The van der Waals surface area contributed by atoms with Crippen molar-refractivity contribution in [2.24, 2.45) is 0 Å². The zero-order chi connectivity index (χ0) is 40.3. The number of carbonyl (C=O) groups is 2. The molecule has 280 valence electrons. The Morgan fingerprint density at radius 3 is 0.736 bits per heavy atom. The Kier molecular flexibility index (Phi) is 11.6. The fourth-order valence-electron chi connectivity index (χ4n) is 8.21. The van der Waals surface area contributed by atoms with Crippen LogP contribution < -0.4 is 9.47 Å². The van der Waals surface area contributed by atoms with Gasteiger partial charge in [0.1, 0.15) is 11.5 Å². The standard InChI is InChI=1S/C49H60O4/c1-22(2)48(50)52-46-36(17)32(13)44(33(14)37(46)18)42-28(9)24(5)40(25(6)29(42)10)21-41-26(7)30(11)43(31(12)27(41)8)45-34(15)38(19)47(39(20)35(45)16)53-49(51)23(3)4/h1,3,21H2,2,4-20H3. The third-order valence-corrected chi connectivity index (χ3v) is 12.6. The van der Waals surface area contributed by atoms with Crippen LogP contribution >= 0.6 is 0 Å². The summed E-state index contributed by atoms with van der Waals surface area (Å²) in [5.41, 5.74) is 27.3. The molecule has 0 saturated carbocycles. The van der Waals surface area contributed by atoms with Crippen molar-refractivity contribution in [3.8, 4) is 33.8 Å². The average Bonchev–Trinajstić information content (AvgIpc) is 3.10.